The number of Topliss-reactive ketones (excluding diaryl/α,β-unsaturated/α-hetero) is 1. The lowest BCUT2D eigenvalue weighted by Gasteiger charge is -2.40. The summed E-state index contributed by atoms with van der Waals surface area (Å²) in [5, 5.41) is 3.04. The third-order valence-electron chi connectivity index (χ3n) is 5.41. The molecule has 4 nitrogen and oxygen atoms in total. The Morgan fingerprint density at radius 3 is 2.48 bits per heavy atom. The van der Waals surface area contributed by atoms with Crippen LogP contribution in [0, 0.1) is 11.3 Å². The highest BCUT2D eigenvalue weighted by atomic mass is 32.2. The van der Waals surface area contributed by atoms with Crippen LogP contribution in [0.4, 0.5) is 0 Å². The molecule has 2 fully saturated rings. The lowest BCUT2D eigenvalue weighted by Crippen LogP contribution is -2.46. The van der Waals surface area contributed by atoms with E-state index in [0.29, 0.717) is 12.2 Å². The van der Waals surface area contributed by atoms with Crippen molar-refractivity contribution in [2.75, 3.05) is 19.3 Å². The average molecular weight is 315 g/mol. The molecule has 1 saturated heterocycles. The summed E-state index contributed by atoms with van der Waals surface area (Å²) in [6, 6.07) is 0. The summed E-state index contributed by atoms with van der Waals surface area (Å²) >= 11 is 0. The van der Waals surface area contributed by atoms with Crippen molar-refractivity contribution in [2.24, 2.45) is 11.3 Å². The maximum absolute atomic E-state index is 13.1. The van der Waals surface area contributed by atoms with Gasteiger partial charge in [-0.1, -0.05) is 19.8 Å². The Hall–Kier alpha value is -0.420. The largest absolute Gasteiger partial charge is 0.317 e. The molecular weight excluding hydrogens is 286 g/mol. The molecule has 1 N–H and O–H groups in total. The molecule has 0 amide bonds. The molecular formula is C16H29NO3S. The summed E-state index contributed by atoms with van der Waals surface area (Å²) in [4.78, 5) is 13.1. The van der Waals surface area contributed by atoms with Gasteiger partial charge in [-0.2, -0.15) is 0 Å². The molecule has 0 aromatic heterocycles. The highest BCUT2D eigenvalue weighted by molar-refractivity contribution is 7.91. The summed E-state index contributed by atoms with van der Waals surface area (Å²) in [6.45, 7) is 3.96. The van der Waals surface area contributed by atoms with Gasteiger partial charge in [0.1, 0.15) is 15.6 Å². The van der Waals surface area contributed by atoms with Crippen molar-refractivity contribution >= 4 is 15.6 Å². The van der Waals surface area contributed by atoms with E-state index in [1.54, 1.807) is 0 Å². The van der Waals surface area contributed by atoms with Gasteiger partial charge >= 0.3 is 0 Å². The molecule has 1 aliphatic heterocycles. The van der Waals surface area contributed by atoms with Crippen molar-refractivity contribution < 1.29 is 13.2 Å². The number of piperidine rings is 1. The molecule has 2 unspecified atom stereocenters. The van der Waals surface area contributed by atoms with E-state index in [1.165, 1.54) is 6.26 Å². The molecule has 122 valence electrons. The van der Waals surface area contributed by atoms with Crippen LogP contribution < -0.4 is 5.32 Å². The normalized spacial score (nSPS) is 30.0. The van der Waals surface area contributed by atoms with Crippen LogP contribution in [0.5, 0.6) is 0 Å². The van der Waals surface area contributed by atoms with Crippen molar-refractivity contribution in [2.45, 2.75) is 63.5 Å². The van der Waals surface area contributed by atoms with Crippen molar-refractivity contribution in [1.82, 2.24) is 5.32 Å². The summed E-state index contributed by atoms with van der Waals surface area (Å²) in [5.41, 5.74) is -0.190. The van der Waals surface area contributed by atoms with Crippen molar-refractivity contribution in [3.05, 3.63) is 0 Å². The molecule has 21 heavy (non-hydrogen) atoms. The molecule has 5 heteroatoms. The van der Waals surface area contributed by atoms with E-state index in [2.05, 4.69) is 12.2 Å². The highest BCUT2D eigenvalue weighted by Crippen LogP contribution is 2.41. The molecule has 1 heterocycles. The maximum Gasteiger partial charge on any atom is 0.150 e. The zero-order valence-corrected chi connectivity index (χ0v) is 14.2. The molecule has 0 bridgehead atoms. The van der Waals surface area contributed by atoms with Gasteiger partial charge in [-0.05, 0) is 51.6 Å². The van der Waals surface area contributed by atoms with Gasteiger partial charge in [0.05, 0.1) is 5.25 Å². The fraction of sp³-hybridized carbons (Fsp3) is 0.938. The van der Waals surface area contributed by atoms with Gasteiger partial charge in [-0.3, -0.25) is 4.79 Å². The molecule has 1 aliphatic carbocycles. The van der Waals surface area contributed by atoms with Crippen LogP contribution in [0.15, 0.2) is 0 Å². The molecule has 0 spiro atoms. The van der Waals surface area contributed by atoms with E-state index in [9.17, 15) is 13.2 Å². The number of carbonyl (C=O) groups excluding carboxylic acids is 1. The second-order valence-electron chi connectivity index (χ2n) is 6.96. The Kier molecular flexibility index (Phi) is 5.47. The smallest absolute Gasteiger partial charge is 0.150 e. The van der Waals surface area contributed by atoms with Crippen LogP contribution in [0.2, 0.25) is 0 Å². The van der Waals surface area contributed by atoms with Gasteiger partial charge in [-0.25, -0.2) is 8.42 Å². The number of rotatable bonds is 5. The molecule has 2 aliphatic rings. The van der Waals surface area contributed by atoms with Gasteiger partial charge in [0, 0.05) is 17.6 Å². The van der Waals surface area contributed by atoms with Crippen molar-refractivity contribution in [3.63, 3.8) is 0 Å². The minimum atomic E-state index is -3.02. The van der Waals surface area contributed by atoms with Crippen LogP contribution in [0.25, 0.3) is 0 Å². The first-order valence-corrected chi connectivity index (χ1v) is 10.3. The van der Waals surface area contributed by atoms with Gasteiger partial charge in [0.25, 0.3) is 0 Å². The van der Waals surface area contributed by atoms with E-state index < -0.39 is 9.84 Å². The molecule has 0 aromatic carbocycles. The van der Waals surface area contributed by atoms with E-state index in [-0.39, 0.29) is 16.6 Å². The number of ketones is 1. The van der Waals surface area contributed by atoms with E-state index in [0.717, 1.165) is 58.0 Å². The van der Waals surface area contributed by atoms with Crippen LogP contribution >= 0.6 is 0 Å². The van der Waals surface area contributed by atoms with Gasteiger partial charge in [0.2, 0.25) is 0 Å². The minimum Gasteiger partial charge on any atom is -0.317 e. The van der Waals surface area contributed by atoms with E-state index in [4.69, 9.17) is 0 Å². The minimum absolute atomic E-state index is 0.0388. The lowest BCUT2D eigenvalue weighted by molar-refractivity contribution is -0.136. The van der Waals surface area contributed by atoms with E-state index >= 15 is 0 Å². The Morgan fingerprint density at radius 1 is 1.24 bits per heavy atom. The monoisotopic (exact) mass is 315 g/mol. The third-order valence-corrected chi connectivity index (χ3v) is 7.05. The first-order chi connectivity index (χ1) is 9.89. The van der Waals surface area contributed by atoms with Crippen LogP contribution in [-0.2, 0) is 14.6 Å². The summed E-state index contributed by atoms with van der Waals surface area (Å²) in [5.74, 6) is 0.322. The van der Waals surface area contributed by atoms with Gasteiger partial charge in [0.15, 0.2) is 0 Å². The lowest BCUT2D eigenvalue weighted by atomic mass is 9.66. The van der Waals surface area contributed by atoms with E-state index in [1.807, 2.05) is 0 Å². The van der Waals surface area contributed by atoms with Crippen LogP contribution in [0.3, 0.4) is 0 Å². The van der Waals surface area contributed by atoms with Crippen molar-refractivity contribution in [3.8, 4) is 0 Å². The average Bonchev–Trinajstić information content (AvgIpc) is 2.47. The van der Waals surface area contributed by atoms with Crippen LogP contribution in [0.1, 0.15) is 58.3 Å². The Balaban J connectivity index is 2.13. The van der Waals surface area contributed by atoms with Gasteiger partial charge in [-0.15, -0.1) is 0 Å². The molecule has 1 saturated carbocycles. The van der Waals surface area contributed by atoms with Gasteiger partial charge < -0.3 is 5.32 Å². The first kappa shape index (κ1) is 16.9. The predicted octanol–water partition coefficient (Wildman–Crippen LogP) is 2.33. The SMILES string of the molecule is CCCC1(C(=O)C2CCCC(S(C)(=O)=O)C2)CCNCC1. The third kappa shape index (κ3) is 3.86. The fourth-order valence-corrected chi connectivity index (χ4v) is 5.39. The molecule has 2 rings (SSSR count). The quantitative estimate of drug-likeness (QED) is 0.846. The standard InChI is InChI=1S/C16H29NO3S/c1-3-7-16(8-10-17-11-9-16)15(18)13-5-4-6-14(12-13)21(2,19)20/h13-14,17H,3-12H2,1-2H3. The number of nitrogens with one attached hydrogen (secondary N) is 1. The second kappa shape index (κ2) is 6.78. The summed E-state index contributed by atoms with van der Waals surface area (Å²) in [7, 11) is -3.02. The fourth-order valence-electron chi connectivity index (χ4n) is 4.21. The number of sulfone groups is 1. The molecule has 0 radical (unpaired) electrons. The molecule has 2 atom stereocenters. The summed E-state index contributed by atoms with van der Waals surface area (Å²) in [6.07, 6.45) is 8.15. The number of hydrogen-bond donors (Lipinski definition) is 1. The van der Waals surface area contributed by atoms with Crippen molar-refractivity contribution in [1.29, 1.82) is 0 Å². The number of hydrogen-bond acceptors (Lipinski definition) is 4. The highest BCUT2D eigenvalue weighted by Gasteiger charge is 2.43. The molecule has 0 aromatic rings. The zero-order chi connectivity index (χ0) is 15.5. The predicted molar refractivity (Wildman–Crippen MR) is 85.0 cm³/mol. The second-order valence-corrected chi connectivity index (χ2v) is 9.29. The topological polar surface area (TPSA) is 63.2 Å². The Morgan fingerprint density at radius 2 is 1.90 bits per heavy atom. The van der Waals surface area contributed by atoms with Crippen LogP contribution in [-0.4, -0.2) is 38.8 Å². The zero-order valence-electron chi connectivity index (χ0n) is 13.4. The Bertz CT molecular complexity index is 460. The first-order valence-electron chi connectivity index (χ1n) is 8.33. The maximum atomic E-state index is 13.1. The summed E-state index contributed by atoms with van der Waals surface area (Å²) < 4.78 is 23.6. The number of carbonyl (C=O) groups is 1. The Labute approximate surface area is 129 Å².